The summed E-state index contributed by atoms with van der Waals surface area (Å²) in [5.74, 6) is 1.78. The Bertz CT molecular complexity index is 1230. The molecule has 1 atom stereocenters. The molecule has 0 saturated carbocycles. The van der Waals surface area contributed by atoms with Crippen molar-refractivity contribution in [1.29, 1.82) is 0 Å². The lowest BCUT2D eigenvalue weighted by Crippen LogP contribution is -2.24. The Balaban J connectivity index is 1.48. The number of aromatic nitrogens is 3. The molecule has 1 aromatic heterocycles. The molecule has 8 nitrogen and oxygen atoms in total. The molecule has 4 rings (SSSR count). The number of benzene rings is 2. The molecule has 35 heavy (non-hydrogen) atoms. The number of carbonyl (C=O) groups excluding carboxylic acids is 1. The van der Waals surface area contributed by atoms with Gasteiger partial charge < -0.3 is 9.57 Å². The van der Waals surface area contributed by atoms with E-state index < -0.39 is 0 Å². The summed E-state index contributed by atoms with van der Waals surface area (Å²) in [6.45, 7) is 3.68. The van der Waals surface area contributed by atoms with Crippen LogP contribution in [0.15, 0.2) is 52.8 Å². The van der Waals surface area contributed by atoms with Crippen LogP contribution >= 0.6 is 35.0 Å². The van der Waals surface area contributed by atoms with Gasteiger partial charge in [0.1, 0.15) is 12.4 Å². The minimum absolute atomic E-state index is 0.110. The van der Waals surface area contributed by atoms with Crippen molar-refractivity contribution in [2.75, 3.05) is 11.2 Å². The Kier molecular flexibility index (Phi) is 8.54. The van der Waals surface area contributed by atoms with Crippen LogP contribution in [0, 0.1) is 0 Å². The van der Waals surface area contributed by atoms with Gasteiger partial charge in [0.15, 0.2) is 11.9 Å². The van der Waals surface area contributed by atoms with Crippen molar-refractivity contribution in [1.82, 2.24) is 14.9 Å². The first kappa shape index (κ1) is 25.3. The van der Waals surface area contributed by atoms with Crippen molar-refractivity contribution in [2.24, 2.45) is 5.16 Å². The van der Waals surface area contributed by atoms with Crippen molar-refractivity contribution in [3.05, 3.63) is 69.5 Å². The predicted molar refractivity (Wildman–Crippen MR) is 138 cm³/mol. The standard InChI is InChI=1S/C24H25Cl2N5O3S/c1-3-4-11-35-24-28-27-23(31(24)29-15(2)32)14-33-21-8-6-5-7-18(21)20-13-22(34-30-20)17-10-9-16(25)12-19(17)26/h5-10,12,22H,3-4,11,13-14H2,1-2H3,(H,29,32). The Morgan fingerprint density at radius 3 is 2.86 bits per heavy atom. The van der Waals surface area contributed by atoms with Gasteiger partial charge >= 0.3 is 0 Å². The number of carbonyl (C=O) groups is 1. The van der Waals surface area contributed by atoms with E-state index in [9.17, 15) is 4.79 Å². The zero-order chi connectivity index (χ0) is 24.8. The molecule has 1 aliphatic heterocycles. The molecule has 2 aromatic carbocycles. The van der Waals surface area contributed by atoms with E-state index in [0.29, 0.717) is 33.2 Å². The number of para-hydroxylation sites is 1. The van der Waals surface area contributed by atoms with Gasteiger partial charge in [-0.1, -0.05) is 71.7 Å². The first-order valence-corrected chi connectivity index (χ1v) is 12.9. The molecule has 1 N–H and O–H groups in total. The van der Waals surface area contributed by atoms with E-state index >= 15 is 0 Å². The van der Waals surface area contributed by atoms with E-state index in [1.54, 1.807) is 28.6 Å². The second kappa shape index (κ2) is 11.8. The molecule has 0 bridgehead atoms. The molecule has 0 spiro atoms. The minimum atomic E-state index is -0.312. The molecule has 1 unspecified atom stereocenters. The van der Waals surface area contributed by atoms with Crippen LogP contribution in [0.4, 0.5) is 0 Å². The highest BCUT2D eigenvalue weighted by atomic mass is 35.5. The summed E-state index contributed by atoms with van der Waals surface area (Å²) in [5.41, 5.74) is 5.15. The lowest BCUT2D eigenvalue weighted by Gasteiger charge is -2.13. The van der Waals surface area contributed by atoms with E-state index in [0.717, 1.165) is 35.4 Å². The maximum Gasteiger partial charge on any atom is 0.235 e. The van der Waals surface area contributed by atoms with Gasteiger partial charge in [0, 0.05) is 40.3 Å². The number of rotatable bonds is 10. The summed E-state index contributed by atoms with van der Waals surface area (Å²) in [4.78, 5) is 17.4. The van der Waals surface area contributed by atoms with Gasteiger partial charge in [-0.05, 0) is 30.7 Å². The molecule has 0 aliphatic carbocycles. The van der Waals surface area contributed by atoms with Crippen LogP contribution in [0.5, 0.6) is 5.75 Å². The number of nitrogens with zero attached hydrogens (tertiary/aromatic N) is 4. The average molecular weight is 534 g/mol. The topological polar surface area (TPSA) is 90.6 Å². The highest BCUT2D eigenvalue weighted by Gasteiger charge is 2.27. The second-order valence-corrected chi connectivity index (χ2v) is 9.80. The molecule has 0 saturated heterocycles. The Morgan fingerprint density at radius 1 is 1.26 bits per heavy atom. The third-order valence-corrected chi connectivity index (χ3v) is 6.81. The van der Waals surface area contributed by atoms with Crippen LogP contribution in [0.1, 0.15) is 56.2 Å². The number of ether oxygens (including phenoxy) is 1. The second-order valence-electron chi connectivity index (χ2n) is 7.89. The zero-order valence-electron chi connectivity index (χ0n) is 19.3. The number of amides is 1. The zero-order valence-corrected chi connectivity index (χ0v) is 21.7. The van der Waals surface area contributed by atoms with Gasteiger partial charge in [0.2, 0.25) is 11.1 Å². The third kappa shape index (κ3) is 6.28. The molecular weight excluding hydrogens is 509 g/mol. The molecule has 0 radical (unpaired) electrons. The molecule has 0 fully saturated rings. The van der Waals surface area contributed by atoms with Crippen molar-refractivity contribution < 1.29 is 14.4 Å². The number of halogens is 2. The molecule has 1 aliphatic rings. The number of nitrogens with one attached hydrogen (secondary N) is 1. The van der Waals surface area contributed by atoms with Gasteiger partial charge in [0.25, 0.3) is 0 Å². The van der Waals surface area contributed by atoms with Crippen LogP contribution in [-0.2, 0) is 16.2 Å². The van der Waals surface area contributed by atoms with E-state index in [-0.39, 0.29) is 18.6 Å². The lowest BCUT2D eigenvalue weighted by molar-refractivity contribution is -0.115. The lowest BCUT2D eigenvalue weighted by atomic mass is 9.99. The van der Waals surface area contributed by atoms with Crippen LogP contribution in [-0.4, -0.2) is 32.2 Å². The third-order valence-electron chi connectivity index (χ3n) is 5.23. The quantitative estimate of drug-likeness (QED) is 0.253. The average Bonchev–Trinajstić information content (AvgIpc) is 3.45. The van der Waals surface area contributed by atoms with Gasteiger partial charge in [-0.15, -0.1) is 10.2 Å². The number of thioether (sulfide) groups is 1. The van der Waals surface area contributed by atoms with E-state index in [2.05, 4.69) is 27.7 Å². The van der Waals surface area contributed by atoms with Gasteiger partial charge in [0.05, 0.1) is 5.71 Å². The maximum atomic E-state index is 11.8. The Labute approximate surface area is 218 Å². The van der Waals surface area contributed by atoms with Crippen molar-refractivity contribution in [3.63, 3.8) is 0 Å². The van der Waals surface area contributed by atoms with Crippen LogP contribution in [0.2, 0.25) is 10.0 Å². The van der Waals surface area contributed by atoms with E-state index in [1.165, 1.54) is 6.92 Å². The minimum Gasteiger partial charge on any atom is -0.485 e. The van der Waals surface area contributed by atoms with Crippen molar-refractivity contribution in [2.45, 2.75) is 51.0 Å². The molecule has 2 heterocycles. The summed E-state index contributed by atoms with van der Waals surface area (Å²) < 4.78 is 7.70. The van der Waals surface area contributed by atoms with Gasteiger partial charge in [-0.3, -0.25) is 10.2 Å². The number of unbranched alkanes of at least 4 members (excludes halogenated alkanes) is 1. The maximum absolute atomic E-state index is 11.8. The summed E-state index contributed by atoms with van der Waals surface area (Å²) in [5, 5.41) is 14.5. The number of oxime groups is 1. The molecule has 3 aromatic rings. The fourth-order valence-corrected chi connectivity index (χ4v) is 5.03. The van der Waals surface area contributed by atoms with Crippen LogP contribution in [0.25, 0.3) is 0 Å². The smallest absolute Gasteiger partial charge is 0.235 e. The highest BCUT2D eigenvalue weighted by molar-refractivity contribution is 7.99. The first-order chi connectivity index (χ1) is 17.0. The van der Waals surface area contributed by atoms with Gasteiger partial charge in [-0.2, -0.15) is 0 Å². The number of hydrogen-bond donors (Lipinski definition) is 1. The van der Waals surface area contributed by atoms with Gasteiger partial charge in [-0.25, -0.2) is 4.68 Å². The highest BCUT2D eigenvalue weighted by Crippen LogP contribution is 2.36. The molecule has 1 amide bonds. The first-order valence-electron chi connectivity index (χ1n) is 11.2. The molecule has 11 heteroatoms. The SMILES string of the molecule is CCCCSc1nnc(COc2ccccc2C2=NOC(c3ccc(Cl)cc3Cl)C2)n1NC(C)=O. The fraction of sp³-hybridized carbons (Fsp3) is 0.333. The van der Waals surface area contributed by atoms with Crippen molar-refractivity contribution >= 4 is 46.6 Å². The summed E-state index contributed by atoms with van der Waals surface area (Å²) in [7, 11) is 0. The van der Waals surface area contributed by atoms with Crippen LogP contribution < -0.4 is 10.2 Å². The van der Waals surface area contributed by atoms with E-state index in [4.69, 9.17) is 32.8 Å². The predicted octanol–water partition coefficient (Wildman–Crippen LogP) is 6.01. The molecular formula is C24H25Cl2N5O3S. The monoisotopic (exact) mass is 533 g/mol. The number of hydrogen-bond acceptors (Lipinski definition) is 7. The fourth-order valence-electron chi connectivity index (χ4n) is 3.50. The summed E-state index contributed by atoms with van der Waals surface area (Å²) >= 11 is 13.9. The Hall–Kier alpha value is -2.75. The van der Waals surface area contributed by atoms with Crippen molar-refractivity contribution in [3.8, 4) is 5.75 Å². The normalized spacial score (nSPS) is 15.0. The molecule has 184 valence electrons. The largest absolute Gasteiger partial charge is 0.485 e. The summed E-state index contributed by atoms with van der Waals surface area (Å²) in [6, 6.07) is 12.9. The Morgan fingerprint density at radius 2 is 2.09 bits per heavy atom. The summed E-state index contributed by atoms with van der Waals surface area (Å²) in [6.07, 6.45) is 2.34. The van der Waals surface area contributed by atoms with Crippen LogP contribution in [0.3, 0.4) is 0 Å². The van der Waals surface area contributed by atoms with E-state index in [1.807, 2.05) is 30.3 Å².